The van der Waals surface area contributed by atoms with Crippen molar-refractivity contribution >= 4 is 35.0 Å². The Bertz CT molecular complexity index is 1800. The van der Waals surface area contributed by atoms with Crippen molar-refractivity contribution < 1.29 is 9.53 Å². The number of anilines is 1. The summed E-state index contributed by atoms with van der Waals surface area (Å²) in [6.07, 6.45) is 2.10. The van der Waals surface area contributed by atoms with Crippen LogP contribution in [-0.2, 0) is 11.2 Å². The molecule has 208 valence electrons. The highest BCUT2D eigenvalue weighted by Crippen LogP contribution is 2.36. The number of hydrogen-bond donors (Lipinski definition) is 2. The maximum atomic E-state index is 13.5. The van der Waals surface area contributed by atoms with E-state index in [1.54, 1.807) is 48.7 Å². The second-order valence-corrected chi connectivity index (χ2v) is 10.7. The summed E-state index contributed by atoms with van der Waals surface area (Å²) < 4.78 is 8.40. The number of tetrazole rings is 1. The zero-order valence-corrected chi connectivity index (χ0v) is 23.5. The van der Waals surface area contributed by atoms with E-state index in [-0.39, 0.29) is 17.7 Å². The molecular weight excluding hydrogens is 567 g/mol. The van der Waals surface area contributed by atoms with Crippen LogP contribution in [-0.4, -0.2) is 46.9 Å². The monoisotopic (exact) mass is 590 g/mol. The van der Waals surface area contributed by atoms with Gasteiger partial charge in [0.15, 0.2) is 0 Å². The lowest BCUT2D eigenvalue weighted by atomic mass is 10.0. The summed E-state index contributed by atoms with van der Waals surface area (Å²) in [7, 11) is 0. The number of aromatic amines is 1. The first-order valence-corrected chi connectivity index (χ1v) is 13.6. The molecule has 2 aromatic carbocycles. The molecule has 0 aliphatic carbocycles. The molecule has 3 aromatic heterocycles. The lowest BCUT2D eigenvalue weighted by molar-refractivity contribution is 0.130. The Morgan fingerprint density at radius 3 is 2.63 bits per heavy atom. The van der Waals surface area contributed by atoms with E-state index in [1.165, 1.54) is 11.0 Å². The number of nitrogens with one attached hydrogen (secondary N) is 2. The summed E-state index contributed by atoms with van der Waals surface area (Å²) in [6, 6.07) is 15.7. The number of fused-ring (bicyclic) bond motifs is 1. The summed E-state index contributed by atoms with van der Waals surface area (Å²) in [4.78, 5) is 33.3. The van der Waals surface area contributed by atoms with Crippen LogP contribution < -0.4 is 10.9 Å². The number of pyridine rings is 1. The van der Waals surface area contributed by atoms with Gasteiger partial charge in [0.1, 0.15) is 23.0 Å². The van der Waals surface area contributed by atoms with Crippen LogP contribution in [0.15, 0.2) is 65.7 Å². The van der Waals surface area contributed by atoms with E-state index in [4.69, 9.17) is 32.9 Å². The third-order valence-electron chi connectivity index (χ3n) is 6.74. The van der Waals surface area contributed by atoms with Crippen LogP contribution in [0.1, 0.15) is 37.8 Å². The quantitative estimate of drug-likeness (QED) is 0.260. The van der Waals surface area contributed by atoms with E-state index >= 15 is 0 Å². The largest absolute Gasteiger partial charge is 0.447 e. The van der Waals surface area contributed by atoms with Gasteiger partial charge in [-0.05, 0) is 79.1 Å². The number of halogens is 2. The number of H-pyrrole nitrogens is 1. The van der Waals surface area contributed by atoms with Crippen LogP contribution in [0.5, 0.6) is 0 Å². The second kappa shape index (κ2) is 10.8. The molecule has 2 N–H and O–H groups in total. The van der Waals surface area contributed by atoms with Gasteiger partial charge < -0.3 is 14.3 Å². The van der Waals surface area contributed by atoms with Crippen molar-refractivity contribution in [3.05, 3.63) is 93.0 Å². The lowest BCUT2D eigenvalue weighted by Gasteiger charge is -2.15. The number of benzene rings is 2. The molecule has 0 spiro atoms. The molecule has 1 aliphatic rings. The van der Waals surface area contributed by atoms with Crippen molar-refractivity contribution in [1.29, 1.82) is 0 Å². The summed E-state index contributed by atoms with van der Waals surface area (Å²) in [5.41, 5.74) is 4.78. The van der Waals surface area contributed by atoms with E-state index < -0.39 is 6.09 Å². The third kappa shape index (κ3) is 5.33. The van der Waals surface area contributed by atoms with E-state index in [1.807, 2.05) is 24.3 Å². The number of nitrogens with zero attached hydrogens (tertiary/aromatic N) is 6. The maximum Gasteiger partial charge on any atom is 0.411 e. The maximum absolute atomic E-state index is 13.5. The fourth-order valence-electron chi connectivity index (χ4n) is 5.01. The Hall–Kier alpha value is -4.48. The molecular formula is C28H24Cl2N8O3. The molecule has 13 heteroatoms. The van der Waals surface area contributed by atoms with Gasteiger partial charge in [-0.25, -0.2) is 9.78 Å². The van der Waals surface area contributed by atoms with Crippen LogP contribution in [0.3, 0.4) is 0 Å². The minimum absolute atomic E-state index is 0.166. The number of amides is 1. The Morgan fingerprint density at radius 2 is 1.90 bits per heavy atom. The van der Waals surface area contributed by atoms with Gasteiger partial charge in [-0.15, -0.1) is 5.10 Å². The van der Waals surface area contributed by atoms with Crippen molar-refractivity contribution in [2.75, 3.05) is 5.32 Å². The first kappa shape index (κ1) is 26.7. The van der Waals surface area contributed by atoms with Crippen molar-refractivity contribution in [2.24, 2.45) is 0 Å². The molecule has 1 atom stereocenters. The van der Waals surface area contributed by atoms with Crippen molar-refractivity contribution in [3.8, 4) is 28.1 Å². The van der Waals surface area contributed by atoms with Gasteiger partial charge in [0.2, 0.25) is 0 Å². The molecule has 0 fully saturated rings. The molecule has 1 aliphatic heterocycles. The molecule has 0 saturated carbocycles. The van der Waals surface area contributed by atoms with Crippen molar-refractivity contribution in [3.63, 3.8) is 0 Å². The summed E-state index contributed by atoms with van der Waals surface area (Å²) in [5, 5.41) is 15.0. The van der Waals surface area contributed by atoms with Crippen LogP contribution in [0.25, 0.3) is 28.1 Å². The van der Waals surface area contributed by atoms with Gasteiger partial charge in [-0.2, -0.15) is 4.68 Å². The first-order chi connectivity index (χ1) is 19.8. The number of rotatable bonds is 6. The summed E-state index contributed by atoms with van der Waals surface area (Å²) >= 11 is 12.9. The molecule has 6 rings (SSSR count). The fourth-order valence-corrected chi connectivity index (χ4v) is 5.43. The Labute approximate surface area is 244 Å². The van der Waals surface area contributed by atoms with Gasteiger partial charge in [-0.1, -0.05) is 35.3 Å². The van der Waals surface area contributed by atoms with Crippen LogP contribution in [0.4, 0.5) is 10.5 Å². The lowest BCUT2D eigenvalue weighted by Crippen LogP contribution is -2.24. The minimum atomic E-state index is -0.525. The highest BCUT2D eigenvalue weighted by atomic mass is 35.5. The highest BCUT2D eigenvalue weighted by Gasteiger charge is 2.29. The van der Waals surface area contributed by atoms with Crippen LogP contribution >= 0.6 is 23.2 Å². The van der Waals surface area contributed by atoms with Crippen LogP contribution in [0, 0.1) is 0 Å². The highest BCUT2D eigenvalue weighted by molar-refractivity contribution is 6.32. The zero-order chi connectivity index (χ0) is 28.7. The van der Waals surface area contributed by atoms with Gasteiger partial charge in [0.05, 0.1) is 17.8 Å². The molecule has 0 saturated heterocycles. The number of ether oxygens (including phenoxy) is 1. The van der Waals surface area contributed by atoms with E-state index in [2.05, 4.69) is 25.8 Å². The van der Waals surface area contributed by atoms with Gasteiger partial charge >= 0.3 is 6.09 Å². The number of aromatic nitrogens is 7. The van der Waals surface area contributed by atoms with Crippen molar-refractivity contribution in [2.45, 2.75) is 38.8 Å². The average Bonchev–Trinajstić information content (AvgIpc) is 3.69. The third-order valence-corrected chi connectivity index (χ3v) is 7.25. The van der Waals surface area contributed by atoms with Gasteiger partial charge in [0.25, 0.3) is 5.56 Å². The minimum Gasteiger partial charge on any atom is -0.447 e. The van der Waals surface area contributed by atoms with Gasteiger partial charge in [-0.3, -0.25) is 10.1 Å². The molecule has 1 amide bonds. The second-order valence-electron chi connectivity index (χ2n) is 9.85. The average molecular weight is 591 g/mol. The normalized spacial score (nSPS) is 14.3. The summed E-state index contributed by atoms with van der Waals surface area (Å²) in [5.74, 6) is 0.596. The molecule has 11 nitrogen and oxygen atoms in total. The fraction of sp³-hybridized carbons (Fsp3) is 0.214. The molecule has 0 bridgehead atoms. The van der Waals surface area contributed by atoms with Gasteiger partial charge in [0, 0.05) is 33.6 Å². The predicted molar refractivity (Wildman–Crippen MR) is 155 cm³/mol. The number of carbonyl (C=O) groups is 1. The number of imidazole rings is 1. The van der Waals surface area contributed by atoms with Crippen LogP contribution in [0.2, 0.25) is 10.2 Å². The zero-order valence-electron chi connectivity index (χ0n) is 22.0. The first-order valence-electron chi connectivity index (χ1n) is 12.9. The molecule has 4 heterocycles. The molecule has 5 aromatic rings. The van der Waals surface area contributed by atoms with E-state index in [0.29, 0.717) is 45.9 Å². The Balaban J connectivity index is 1.29. The smallest absolute Gasteiger partial charge is 0.411 e. The number of hydrogen-bond acceptors (Lipinski definition) is 7. The molecule has 1 unspecified atom stereocenters. The SMILES string of the molecule is CC(C)OC(=O)Nc1ccc(-c2nc(C3CCc4cc(-c5cc(Cl)ccc5-n5cnnn5)cc(=O)n43)[nH]c2Cl)cc1. The summed E-state index contributed by atoms with van der Waals surface area (Å²) in [6.45, 7) is 3.56. The van der Waals surface area contributed by atoms with E-state index in [9.17, 15) is 9.59 Å². The van der Waals surface area contributed by atoms with E-state index in [0.717, 1.165) is 22.4 Å². The molecule has 41 heavy (non-hydrogen) atoms. The predicted octanol–water partition coefficient (Wildman–Crippen LogP) is 5.68. The standard InChI is InChI=1S/C28H24Cl2N8O3/c1-15(2)41-28(40)32-19-6-3-16(4-7-19)25-26(30)34-27(33-25)23-10-8-20-11-17(12-24(39)38(20)23)21-13-18(29)5-9-22(21)37-14-31-35-36-37/h3-7,9,11-15,23H,8,10H2,1-2H3,(H,32,40)(H,33,34). The molecule has 0 radical (unpaired) electrons. The van der Waals surface area contributed by atoms with Crippen molar-refractivity contribution in [1.82, 2.24) is 34.7 Å². The topological polar surface area (TPSA) is 133 Å². The number of aryl methyl sites for hydroxylation is 1. The number of carbonyl (C=O) groups excluding carboxylic acids is 1. The Morgan fingerprint density at radius 1 is 1.10 bits per heavy atom. The Kier molecular flexibility index (Phi) is 7.06.